The number of nitrogens with zero attached hydrogens (tertiary/aromatic N) is 2. The third-order valence-corrected chi connectivity index (χ3v) is 5.62. The number of halogens is 1. The van der Waals surface area contributed by atoms with Crippen molar-refractivity contribution in [2.45, 2.75) is 39.7 Å². The van der Waals surface area contributed by atoms with Crippen molar-refractivity contribution in [3.05, 3.63) is 46.5 Å². The topological polar surface area (TPSA) is 90.3 Å². The van der Waals surface area contributed by atoms with E-state index < -0.39 is 15.9 Å². The van der Waals surface area contributed by atoms with Crippen LogP contribution < -0.4 is 9.46 Å². The quantitative estimate of drug-likeness (QED) is 0.637. The van der Waals surface area contributed by atoms with Gasteiger partial charge in [-0.1, -0.05) is 37.4 Å². The van der Waals surface area contributed by atoms with E-state index in [0.29, 0.717) is 29.6 Å². The normalized spacial score (nSPS) is 11.4. The summed E-state index contributed by atoms with van der Waals surface area (Å²) in [5.74, 6) is 0.408. The molecule has 2 rings (SSSR count). The van der Waals surface area contributed by atoms with Crippen LogP contribution in [-0.4, -0.2) is 36.7 Å². The summed E-state index contributed by atoms with van der Waals surface area (Å²) in [5, 5.41) is 0.561. The molecule has 0 aliphatic carbocycles. The number of aryl methyl sites for hydroxylation is 1. The van der Waals surface area contributed by atoms with Crippen LogP contribution in [0.1, 0.15) is 48.1 Å². The second-order valence-corrected chi connectivity index (χ2v) is 8.49. The number of imidazole rings is 1. The van der Waals surface area contributed by atoms with E-state index in [1.54, 1.807) is 30.7 Å². The first-order chi connectivity index (χ1) is 12.8. The molecule has 1 heterocycles. The van der Waals surface area contributed by atoms with Crippen LogP contribution >= 0.6 is 11.6 Å². The van der Waals surface area contributed by atoms with Crippen molar-refractivity contribution >= 4 is 27.5 Å². The lowest BCUT2D eigenvalue weighted by molar-refractivity contribution is 0.0977. The Morgan fingerprint density at radius 1 is 1.33 bits per heavy atom. The first kappa shape index (κ1) is 21.2. The van der Waals surface area contributed by atoms with Gasteiger partial charge in [0.15, 0.2) is 0 Å². The second-order valence-electron chi connectivity index (χ2n) is 6.21. The van der Waals surface area contributed by atoms with Crippen molar-refractivity contribution in [1.29, 1.82) is 0 Å². The smallest absolute Gasteiger partial charge is 0.284 e. The fourth-order valence-corrected chi connectivity index (χ4v) is 3.83. The van der Waals surface area contributed by atoms with Gasteiger partial charge in [-0.2, -0.15) is 0 Å². The maximum Gasteiger partial charge on any atom is 0.284 e. The number of aromatic nitrogens is 2. The maximum absolute atomic E-state index is 12.3. The highest BCUT2D eigenvalue weighted by Crippen LogP contribution is 2.24. The number of sulfonamides is 1. The summed E-state index contributed by atoms with van der Waals surface area (Å²) >= 11 is 5.97. The Bertz CT molecular complexity index is 909. The van der Waals surface area contributed by atoms with Gasteiger partial charge in [-0.25, -0.2) is 18.1 Å². The molecule has 148 valence electrons. The number of amides is 1. The van der Waals surface area contributed by atoms with Crippen LogP contribution in [0.5, 0.6) is 5.75 Å². The van der Waals surface area contributed by atoms with Crippen LogP contribution in [0.3, 0.4) is 0 Å². The summed E-state index contributed by atoms with van der Waals surface area (Å²) in [6.07, 6.45) is 3.75. The van der Waals surface area contributed by atoms with Crippen molar-refractivity contribution in [3.63, 3.8) is 0 Å². The molecule has 0 saturated carbocycles. The fraction of sp³-hybridized carbons (Fsp3) is 0.444. The van der Waals surface area contributed by atoms with E-state index in [4.69, 9.17) is 16.3 Å². The Morgan fingerprint density at radius 3 is 2.74 bits per heavy atom. The summed E-state index contributed by atoms with van der Waals surface area (Å²) in [7, 11) is -2.11. The molecule has 7 nitrogen and oxygen atoms in total. The third-order valence-electron chi connectivity index (χ3n) is 4.06. The summed E-state index contributed by atoms with van der Waals surface area (Å²) in [6, 6.07) is 5.29. The van der Waals surface area contributed by atoms with Crippen molar-refractivity contribution in [3.8, 4) is 5.75 Å². The molecule has 0 bridgehead atoms. The zero-order valence-electron chi connectivity index (χ0n) is 15.7. The molecule has 9 heteroatoms. The van der Waals surface area contributed by atoms with Gasteiger partial charge in [0.05, 0.1) is 19.4 Å². The number of carbonyl (C=O) groups excluding carboxylic acids is 1. The highest BCUT2D eigenvalue weighted by Gasteiger charge is 2.19. The van der Waals surface area contributed by atoms with E-state index in [-0.39, 0.29) is 11.4 Å². The van der Waals surface area contributed by atoms with Gasteiger partial charge >= 0.3 is 0 Å². The summed E-state index contributed by atoms with van der Waals surface area (Å²) in [4.78, 5) is 16.5. The van der Waals surface area contributed by atoms with Crippen LogP contribution in [0, 0.1) is 6.92 Å². The lowest BCUT2D eigenvalue weighted by Gasteiger charge is -2.10. The van der Waals surface area contributed by atoms with Crippen molar-refractivity contribution in [2.24, 2.45) is 0 Å². The molecule has 0 saturated heterocycles. The molecule has 1 amide bonds. The lowest BCUT2D eigenvalue weighted by Crippen LogP contribution is -2.32. The number of carbonyl (C=O) groups is 1. The van der Waals surface area contributed by atoms with Crippen molar-refractivity contribution in [1.82, 2.24) is 14.3 Å². The molecule has 0 radical (unpaired) electrons. The Balaban J connectivity index is 2.13. The van der Waals surface area contributed by atoms with Crippen LogP contribution in [0.2, 0.25) is 5.02 Å². The second kappa shape index (κ2) is 9.23. The average molecular weight is 414 g/mol. The molecule has 1 aromatic carbocycles. The zero-order valence-corrected chi connectivity index (χ0v) is 17.2. The van der Waals surface area contributed by atoms with Crippen LogP contribution in [0.25, 0.3) is 0 Å². The molecule has 1 N–H and O–H groups in total. The molecular formula is C18H24ClN3O4S. The average Bonchev–Trinajstić information content (AvgIpc) is 2.97. The number of hydrogen-bond acceptors (Lipinski definition) is 5. The molecule has 2 aromatic rings. The Kier molecular flexibility index (Phi) is 7.26. The minimum absolute atomic E-state index is 0.0551. The van der Waals surface area contributed by atoms with Gasteiger partial charge in [0.2, 0.25) is 10.0 Å². The van der Waals surface area contributed by atoms with Gasteiger partial charge in [0.1, 0.15) is 17.3 Å². The number of hydrogen-bond donors (Lipinski definition) is 1. The van der Waals surface area contributed by atoms with E-state index in [9.17, 15) is 13.2 Å². The molecule has 0 aliphatic rings. The lowest BCUT2D eigenvalue weighted by atomic mass is 10.2. The predicted octanol–water partition coefficient (Wildman–Crippen LogP) is 3.15. The highest BCUT2D eigenvalue weighted by molar-refractivity contribution is 7.90. The van der Waals surface area contributed by atoms with Gasteiger partial charge in [0.25, 0.3) is 5.91 Å². The zero-order chi connectivity index (χ0) is 20.0. The van der Waals surface area contributed by atoms with Crippen molar-refractivity contribution < 1.29 is 17.9 Å². The Labute approximate surface area is 164 Å². The number of unbranched alkanes of at least 4 members (excludes halogenated alkanes) is 2. The molecule has 0 spiro atoms. The summed E-state index contributed by atoms with van der Waals surface area (Å²) in [5.41, 5.74) is 0.918. The van der Waals surface area contributed by atoms with Crippen LogP contribution in [0.15, 0.2) is 24.4 Å². The molecule has 0 atom stereocenters. The van der Waals surface area contributed by atoms with E-state index in [1.807, 2.05) is 13.0 Å². The first-order valence-electron chi connectivity index (χ1n) is 8.66. The van der Waals surface area contributed by atoms with E-state index >= 15 is 0 Å². The monoisotopic (exact) mass is 413 g/mol. The number of methoxy groups -OCH3 is 1. The van der Waals surface area contributed by atoms with Gasteiger partial charge in [-0.3, -0.25) is 4.79 Å². The van der Waals surface area contributed by atoms with E-state index in [2.05, 4.69) is 9.71 Å². The fourth-order valence-electron chi connectivity index (χ4n) is 2.60. The SMILES string of the molecule is CCCCCS(=O)(=O)NC(=O)c1cn(Cc2ccc(Cl)cc2OC)c(C)n1. The number of nitrogens with one attached hydrogen (secondary N) is 1. The Morgan fingerprint density at radius 2 is 2.07 bits per heavy atom. The van der Waals surface area contributed by atoms with Gasteiger partial charge < -0.3 is 9.30 Å². The van der Waals surface area contributed by atoms with Gasteiger partial charge in [0, 0.05) is 16.8 Å². The van der Waals surface area contributed by atoms with Gasteiger partial charge in [-0.05, 0) is 25.5 Å². The molecule has 0 unspecified atom stereocenters. The molecule has 0 aliphatic heterocycles. The maximum atomic E-state index is 12.3. The highest BCUT2D eigenvalue weighted by atomic mass is 35.5. The minimum Gasteiger partial charge on any atom is -0.496 e. The van der Waals surface area contributed by atoms with Crippen molar-refractivity contribution in [2.75, 3.05) is 12.9 Å². The number of rotatable bonds is 9. The Hall–Kier alpha value is -2.06. The number of ether oxygens (including phenoxy) is 1. The van der Waals surface area contributed by atoms with Crippen LogP contribution in [0.4, 0.5) is 0 Å². The molecule has 0 fully saturated rings. The largest absolute Gasteiger partial charge is 0.496 e. The predicted molar refractivity (Wildman–Crippen MR) is 105 cm³/mol. The molecule has 1 aromatic heterocycles. The van der Waals surface area contributed by atoms with Crippen LogP contribution in [-0.2, 0) is 16.6 Å². The summed E-state index contributed by atoms with van der Waals surface area (Å²) < 4.78 is 33.1. The van der Waals surface area contributed by atoms with E-state index in [1.165, 1.54) is 6.20 Å². The van der Waals surface area contributed by atoms with Gasteiger partial charge in [-0.15, -0.1) is 0 Å². The third kappa shape index (κ3) is 5.97. The standard InChI is InChI=1S/C18H24ClN3O4S/c1-4-5-6-9-27(24,25)21-18(23)16-12-22(13(2)20-16)11-14-7-8-15(19)10-17(14)26-3/h7-8,10,12H,4-6,9,11H2,1-3H3,(H,21,23). The minimum atomic E-state index is -3.66. The summed E-state index contributed by atoms with van der Waals surface area (Å²) in [6.45, 7) is 4.14. The molecular weight excluding hydrogens is 390 g/mol. The molecule has 27 heavy (non-hydrogen) atoms. The first-order valence-corrected chi connectivity index (χ1v) is 10.7. The van der Waals surface area contributed by atoms with E-state index in [0.717, 1.165) is 18.4 Å². The number of benzene rings is 1.